The second-order valence-corrected chi connectivity index (χ2v) is 4.21. The number of H-pyrrole nitrogens is 1. The van der Waals surface area contributed by atoms with Gasteiger partial charge in [0.2, 0.25) is 0 Å². The van der Waals surface area contributed by atoms with Gasteiger partial charge in [0.15, 0.2) is 5.82 Å². The van der Waals surface area contributed by atoms with E-state index < -0.39 is 0 Å². The van der Waals surface area contributed by atoms with E-state index in [0.717, 1.165) is 28.5 Å². The molecule has 3 aromatic heterocycles. The van der Waals surface area contributed by atoms with E-state index in [9.17, 15) is 0 Å². The van der Waals surface area contributed by atoms with Gasteiger partial charge in [-0.3, -0.25) is 5.10 Å². The van der Waals surface area contributed by atoms with Crippen LogP contribution in [0.15, 0.2) is 36.7 Å². The maximum Gasteiger partial charge on any atom is 0.153 e. The zero-order chi connectivity index (χ0) is 12.5. The van der Waals surface area contributed by atoms with E-state index >= 15 is 0 Å². The maximum absolute atomic E-state index is 4.43. The van der Waals surface area contributed by atoms with Crippen LogP contribution in [0.2, 0.25) is 0 Å². The lowest BCUT2D eigenvalue weighted by Gasteiger charge is -2.04. The molecule has 0 bridgehead atoms. The van der Waals surface area contributed by atoms with Gasteiger partial charge in [0.25, 0.3) is 0 Å². The number of aryl methyl sites for hydroxylation is 2. The van der Waals surface area contributed by atoms with Crippen LogP contribution in [0.25, 0.3) is 17.1 Å². The molecule has 18 heavy (non-hydrogen) atoms. The summed E-state index contributed by atoms with van der Waals surface area (Å²) in [6, 6.07) is 7.91. The lowest BCUT2D eigenvalue weighted by molar-refractivity contribution is 0.806. The molecule has 5 heteroatoms. The van der Waals surface area contributed by atoms with Crippen molar-refractivity contribution in [3.63, 3.8) is 0 Å². The van der Waals surface area contributed by atoms with Crippen molar-refractivity contribution < 1.29 is 0 Å². The standard InChI is InChI=1S/C13H13N5/c1-9-7-10(2)18(17-9)13-4-3-11(8-14-13)12-5-6-15-16-12/h3-8H,1-2H3,(H,15,16). The van der Waals surface area contributed by atoms with Crippen molar-refractivity contribution in [2.75, 3.05) is 0 Å². The average Bonchev–Trinajstić information content (AvgIpc) is 2.99. The molecule has 0 saturated heterocycles. The largest absolute Gasteiger partial charge is 0.278 e. The molecule has 0 aliphatic rings. The highest BCUT2D eigenvalue weighted by atomic mass is 15.3. The fourth-order valence-electron chi connectivity index (χ4n) is 1.95. The summed E-state index contributed by atoms with van der Waals surface area (Å²) in [6.45, 7) is 3.99. The van der Waals surface area contributed by atoms with Gasteiger partial charge < -0.3 is 0 Å². The Morgan fingerprint density at radius 1 is 1.17 bits per heavy atom. The molecule has 90 valence electrons. The Morgan fingerprint density at radius 2 is 2.06 bits per heavy atom. The third-order valence-corrected chi connectivity index (χ3v) is 2.79. The predicted octanol–water partition coefficient (Wildman–Crippen LogP) is 2.27. The van der Waals surface area contributed by atoms with E-state index in [1.807, 2.05) is 49.0 Å². The molecule has 0 aliphatic carbocycles. The zero-order valence-electron chi connectivity index (χ0n) is 10.3. The highest BCUT2D eigenvalue weighted by molar-refractivity contribution is 5.57. The lowest BCUT2D eigenvalue weighted by atomic mass is 10.2. The zero-order valence-corrected chi connectivity index (χ0v) is 10.3. The predicted molar refractivity (Wildman–Crippen MR) is 68.4 cm³/mol. The summed E-state index contributed by atoms with van der Waals surface area (Å²) in [4.78, 5) is 4.43. The first-order chi connectivity index (χ1) is 8.74. The molecule has 1 N–H and O–H groups in total. The Bertz CT molecular complexity index is 649. The van der Waals surface area contributed by atoms with Crippen molar-refractivity contribution in [3.05, 3.63) is 48.0 Å². The van der Waals surface area contributed by atoms with Crippen molar-refractivity contribution in [2.24, 2.45) is 0 Å². The monoisotopic (exact) mass is 239 g/mol. The summed E-state index contributed by atoms with van der Waals surface area (Å²) < 4.78 is 1.84. The van der Waals surface area contributed by atoms with E-state index in [4.69, 9.17) is 0 Å². The van der Waals surface area contributed by atoms with Crippen LogP contribution in [-0.2, 0) is 0 Å². The first-order valence-electron chi connectivity index (χ1n) is 5.73. The summed E-state index contributed by atoms with van der Waals surface area (Å²) in [5, 5.41) is 11.2. The topological polar surface area (TPSA) is 59.4 Å². The summed E-state index contributed by atoms with van der Waals surface area (Å²) >= 11 is 0. The molecule has 0 fully saturated rings. The minimum atomic E-state index is 0.823. The summed E-state index contributed by atoms with van der Waals surface area (Å²) in [7, 11) is 0. The van der Waals surface area contributed by atoms with Gasteiger partial charge in [-0.25, -0.2) is 9.67 Å². The van der Waals surface area contributed by atoms with Gasteiger partial charge in [-0.05, 0) is 38.1 Å². The van der Waals surface area contributed by atoms with Gasteiger partial charge >= 0.3 is 0 Å². The molecule has 3 rings (SSSR count). The summed E-state index contributed by atoms with van der Waals surface area (Å²) in [5.74, 6) is 0.823. The summed E-state index contributed by atoms with van der Waals surface area (Å²) in [6.07, 6.45) is 3.55. The van der Waals surface area contributed by atoms with E-state index in [1.54, 1.807) is 6.20 Å². The van der Waals surface area contributed by atoms with Gasteiger partial charge in [-0.1, -0.05) is 0 Å². The van der Waals surface area contributed by atoms with E-state index in [-0.39, 0.29) is 0 Å². The Labute approximate surface area is 104 Å². The quantitative estimate of drug-likeness (QED) is 0.746. The van der Waals surface area contributed by atoms with Crippen molar-refractivity contribution >= 4 is 0 Å². The number of aromatic nitrogens is 5. The Kier molecular flexibility index (Phi) is 2.44. The SMILES string of the molecule is Cc1cc(C)n(-c2ccc(-c3ccn[nH]3)cn2)n1. The average molecular weight is 239 g/mol. The van der Waals surface area contributed by atoms with Crippen LogP contribution in [-0.4, -0.2) is 25.0 Å². The minimum Gasteiger partial charge on any atom is -0.278 e. The molecular formula is C13H13N5. The smallest absolute Gasteiger partial charge is 0.153 e. The van der Waals surface area contributed by atoms with Crippen LogP contribution < -0.4 is 0 Å². The highest BCUT2D eigenvalue weighted by Gasteiger charge is 2.05. The molecule has 0 aromatic carbocycles. The van der Waals surface area contributed by atoms with Gasteiger partial charge in [-0.15, -0.1) is 0 Å². The number of hydrogen-bond acceptors (Lipinski definition) is 3. The third kappa shape index (κ3) is 1.79. The molecule has 0 spiro atoms. The number of hydrogen-bond donors (Lipinski definition) is 1. The molecule has 3 aromatic rings. The Balaban J connectivity index is 1.99. The van der Waals surface area contributed by atoms with E-state index in [0.29, 0.717) is 0 Å². The van der Waals surface area contributed by atoms with E-state index in [2.05, 4.69) is 20.3 Å². The number of pyridine rings is 1. The molecule has 0 radical (unpaired) electrons. The normalized spacial score (nSPS) is 10.8. The summed E-state index contributed by atoms with van der Waals surface area (Å²) in [5.41, 5.74) is 4.04. The number of aromatic amines is 1. The molecule has 0 amide bonds. The van der Waals surface area contributed by atoms with Crippen LogP contribution in [0.5, 0.6) is 0 Å². The molecule has 0 aliphatic heterocycles. The molecule has 0 saturated carbocycles. The van der Waals surface area contributed by atoms with Crippen LogP contribution in [0, 0.1) is 13.8 Å². The lowest BCUT2D eigenvalue weighted by Crippen LogP contribution is -2.01. The van der Waals surface area contributed by atoms with Crippen LogP contribution in [0.1, 0.15) is 11.4 Å². The van der Waals surface area contributed by atoms with Gasteiger partial charge in [0, 0.05) is 23.7 Å². The van der Waals surface area contributed by atoms with E-state index in [1.165, 1.54) is 0 Å². The first kappa shape index (κ1) is 10.7. The molecule has 0 atom stereocenters. The third-order valence-electron chi connectivity index (χ3n) is 2.79. The number of rotatable bonds is 2. The van der Waals surface area contributed by atoms with Crippen molar-refractivity contribution in [1.82, 2.24) is 25.0 Å². The number of nitrogens with zero attached hydrogens (tertiary/aromatic N) is 4. The Morgan fingerprint density at radius 3 is 2.61 bits per heavy atom. The fraction of sp³-hybridized carbons (Fsp3) is 0.154. The van der Waals surface area contributed by atoms with Crippen molar-refractivity contribution in [2.45, 2.75) is 13.8 Å². The van der Waals surface area contributed by atoms with Crippen molar-refractivity contribution in [3.8, 4) is 17.1 Å². The minimum absolute atomic E-state index is 0.823. The molecule has 5 nitrogen and oxygen atoms in total. The second kappa shape index (κ2) is 4.10. The highest BCUT2D eigenvalue weighted by Crippen LogP contribution is 2.17. The number of nitrogens with one attached hydrogen (secondary N) is 1. The Hall–Kier alpha value is -2.43. The van der Waals surface area contributed by atoms with Crippen LogP contribution >= 0.6 is 0 Å². The first-order valence-corrected chi connectivity index (χ1v) is 5.73. The van der Waals surface area contributed by atoms with Crippen LogP contribution in [0.3, 0.4) is 0 Å². The molecular weight excluding hydrogens is 226 g/mol. The van der Waals surface area contributed by atoms with Gasteiger partial charge in [-0.2, -0.15) is 10.2 Å². The van der Waals surface area contributed by atoms with Crippen molar-refractivity contribution in [1.29, 1.82) is 0 Å². The second-order valence-electron chi connectivity index (χ2n) is 4.21. The maximum atomic E-state index is 4.43. The molecule has 0 unspecified atom stereocenters. The van der Waals surface area contributed by atoms with Gasteiger partial charge in [0.05, 0.1) is 11.4 Å². The van der Waals surface area contributed by atoms with Gasteiger partial charge in [0.1, 0.15) is 0 Å². The fourth-order valence-corrected chi connectivity index (χ4v) is 1.95. The molecule has 3 heterocycles. The van der Waals surface area contributed by atoms with Crippen LogP contribution in [0.4, 0.5) is 0 Å².